The highest BCUT2D eigenvalue weighted by Crippen LogP contribution is 2.30. The second-order valence-electron chi connectivity index (χ2n) is 5.33. The number of nitro groups is 1. The van der Waals surface area contributed by atoms with Gasteiger partial charge in [0.25, 0.3) is 5.91 Å². The number of ether oxygens (including phenoxy) is 3. The van der Waals surface area contributed by atoms with Crippen molar-refractivity contribution in [2.45, 2.75) is 39.3 Å². The Morgan fingerprint density at radius 3 is 2.56 bits per heavy atom. The van der Waals surface area contributed by atoms with E-state index in [-0.39, 0.29) is 29.1 Å². The Hall–Kier alpha value is -2.84. The lowest BCUT2D eigenvalue weighted by Gasteiger charge is -2.17. The number of esters is 1. The lowest BCUT2D eigenvalue weighted by Crippen LogP contribution is -2.41. The monoisotopic (exact) mass is 354 g/mol. The van der Waals surface area contributed by atoms with Gasteiger partial charge in [-0.3, -0.25) is 14.9 Å². The molecule has 0 fully saturated rings. The molecule has 0 saturated carbocycles. The molecule has 0 saturated heterocycles. The zero-order chi connectivity index (χ0) is 19.0. The molecule has 2 unspecified atom stereocenters. The maximum absolute atomic E-state index is 11.8. The lowest BCUT2D eigenvalue weighted by atomic mass is 10.2. The first kappa shape index (κ1) is 20.2. The fraction of sp³-hybridized carbons (Fsp3) is 0.500. The van der Waals surface area contributed by atoms with Crippen molar-refractivity contribution in [2.75, 3.05) is 13.7 Å². The molecule has 25 heavy (non-hydrogen) atoms. The highest BCUT2D eigenvalue weighted by Gasteiger charge is 2.20. The van der Waals surface area contributed by atoms with Gasteiger partial charge < -0.3 is 19.5 Å². The normalized spacial score (nSPS) is 12.6. The SMILES string of the molecule is CCC(C)NC(=O)C(C)OC(=O)COc1ccc([N+](=O)[O-])c(OC)c1. The molecular formula is C16H22N2O7. The van der Waals surface area contributed by atoms with Crippen LogP contribution in [0.1, 0.15) is 27.2 Å². The minimum atomic E-state index is -0.948. The number of carbonyl (C=O) groups excluding carboxylic acids is 2. The summed E-state index contributed by atoms with van der Waals surface area (Å²) in [5, 5.41) is 13.5. The molecule has 0 aliphatic heterocycles. The molecule has 1 amide bonds. The van der Waals surface area contributed by atoms with Crippen LogP contribution in [0, 0.1) is 10.1 Å². The fourth-order valence-corrected chi connectivity index (χ4v) is 1.79. The predicted octanol–water partition coefficient (Wildman–Crippen LogP) is 1.83. The quantitative estimate of drug-likeness (QED) is 0.408. The summed E-state index contributed by atoms with van der Waals surface area (Å²) in [4.78, 5) is 33.8. The van der Waals surface area contributed by atoms with Gasteiger partial charge >= 0.3 is 11.7 Å². The Balaban J connectivity index is 2.56. The molecule has 2 atom stereocenters. The Labute approximate surface area is 145 Å². The maximum atomic E-state index is 11.8. The Morgan fingerprint density at radius 1 is 1.32 bits per heavy atom. The number of rotatable bonds is 9. The van der Waals surface area contributed by atoms with E-state index >= 15 is 0 Å². The molecule has 1 N–H and O–H groups in total. The van der Waals surface area contributed by atoms with Gasteiger partial charge in [-0.15, -0.1) is 0 Å². The van der Waals surface area contributed by atoms with Gasteiger partial charge in [0.05, 0.1) is 12.0 Å². The first-order chi connectivity index (χ1) is 11.8. The molecule has 9 nitrogen and oxygen atoms in total. The van der Waals surface area contributed by atoms with Crippen LogP contribution in [0.4, 0.5) is 5.69 Å². The molecule has 1 aromatic rings. The smallest absolute Gasteiger partial charge is 0.344 e. The van der Waals surface area contributed by atoms with Crippen molar-refractivity contribution in [1.82, 2.24) is 5.32 Å². The average Bonchev–Trinajstić information content (AvgIpc) is 2.59. The molecule has 0 spiro atoms. The highest BCUT2D eigenvalue weighted by molar-refractivity contribution is 5.83. The largest absolute Gasteiger partial charge is 0.490 e. The summed E-state index contributed by atoms with van der Waals surface area (Å²) < 4.78 is 15.1. The predicted molar refractivity (Wildman–Crippen MR) is 88.6 cm³/mol. The molecular weight excluding hydrogens is 332 g/mol. The van der Waals surface area contributed by atoms with E-state index in [0.29, 0.717) is 0 Å². The first-order valence-electron chi connectivity index (χ1n) is 7.73. The fourth-order valence-electron chi connectivity index (χ4n) is 1.79. The van der Waals surface area contributed by atoms with Crippen LogP contribution in [0.25, 0.3) is 0 Å². The van der Waals surface area contributed by atoms with E-state index in [4.69, 9.17) is 14.2 Å². The molecule has 0 heterocycles. The minimum Gasteiger partial charge on any atom is -0.490 e. The number of carbonyl (C=O) groups is 2. The second kappa shape index (κ2) is 9.45. The molecule has 0 radical (unpaired) electrons. The number of hydrogen-bond donors (Lipinski definition) is 1. The molecule has 1 rings (SSSR count). The Bertz CT molecular complexity index is 633. The topological polar surface area (TPSA) is 117 Å². The van der Waals surface area contributed by atoms with Gasteiger partial charge in [0.15, 0.2) is 12.7 Å². The van der Waals surface area contributed by atoms with Gasteiger partial charge in [-0.25, -0.2) is 4.79 Å². The maximum Gasteiger partial charge on any atom is 0.344 e. The van der Waals surface area contributed by atoms with E-state index in [1.54, 1.807) is 0 Å². The summed E-state index contributed by atoms with van der Waals surface area (Å²) in [5.41, 5.74) is -0.215. The number of nitro benzene ring substituents is 1. The summed E-state index contributed by atoms with van der Waals surface area (Å²) >= 11 is 0. The standard InChI is InChI=1S/C16H22N2O7/c1-5-10(2)17-16(20)11(3)25-15(19)9-24-12-6-7-13(18(21)22)14(8-12)23-4/h6-8,10-11H,5,9H2,1-4H3,(H,17,20). The van der Waals surface area contributed by atoms with Gasteiger partial charge in [0.2, 0.25) is 5.75 Å². The number of amides is 1. The van der Waals surface area contributed by atoms with Crippen molar-refractivity contribution in [3.63, 3.8) is 0 Å². The Morgan fingerprint density at radius 2 is 2.00 bits per heavy atom. The van der Waals surface area contributed by atoms with Gasteiger partial charge in [0.1, 0.15) is 5.75 Å². The number of benzene rings is 1. The van der Waals surface area contributed by atoms with E-state index in [1.165, 1.54) is 32.2 Å². The van der Waals surface area contributed by atoms with Crippen molar-refractivity contribution < 1.29 is 28.7 Å². The average molecular weight is 354 g/mol. The van der Waals surface area contributed by atoms with Crippen molar-refractivity contribution >= 4 is 17.6 Å². The molecule has 0 aliphatic carbocycles. The van der Waals surface area contributed by atoms with Crippen molar-refractivity contribution in [2.24, 2.45) is 0 Å². The van der Waals surface area contributed by atoms with Crippen LogP contribution in [0.2, 0.25) is 0 Å². The van der Waals surface area contributed by atoms with Gasteiger partial charge in [-0.05, 0) is 26.3 Å². The summed E-state index contributed by atoms with van der Waals surface area (Å²) in [6, 6.07) is 3.83. The van der Waals surface area contributed by atoms with Crippen molar-refractivity contribution in [1.29, 1.82) is 0 Å². The third kappa shape index (κ3) is 6.28. The van der Waals surface area contributed by atoms with Crippen LogP contribution in [0.15, 0.2) is 18.2 Å². The summed E-state index contributed by atoms with van der Waals surface area (Å²) in [6.07, 6.45) is -0.186. The van der Waals surface area contributed by atoms with Gasteiger partial charge in [-0.2, -0.15) is 0 Å². The van der Waals surface area contributed by atoms with Crippen LogP contribution in [0.3, 0.4) is 0 Å². The summed E-state index contributed by atoms with van der Waals surface area (Å²) in [5.74, 6) is -0.905. The van der Waals surface area contributed by atoms with Crippen molar-refractivity contribution in [3.8, 4) is 11.5 Å². The van der Waals surface area contributed by atoms with Crippen molar-refractivity contribution in [3.05, 3.63) is 28.3 Å². The van der Waals surface area contributed by atoms with Gasteiger partial charge in [-0.1, -0.05) is 6.92 Å². The van der Waals surface area contributed by atoms with Crippen LogP contribution < -0.4 is 14.8 Å². The van der Waals surface area contributed by atoms with E-state index in [1.807, 2.05) is 13.8 Å². The van der Waals surface area contributed by atoms with E-state index in [0.717, 1.165) is 6.42 Å². The molecule has 0 aromatic heterocycles. The van der Waals surface area contributed by atoms with Crippen LogP contribution in [-0.4, -0.2) is 42.7 Å². The second-order valence-corrected chi connectivity index (χ2v) is 5.33. The van der Waals surface area contributed by atoms with E-state index < -0.39 is 23.6 Å². The first-order valence-corrected chi connectivity index (χ1v) is 7.73. The molecule has 0 aliphatic rings. The third-order valence-corrected chi connectivity index (χ3v) is 3.38. The molecule has 1 aromatic carbocycles. The van der Waals surface area contributed by atoms with E-state index in [2.05, 4.69) is 5.32 Å². The highest BCUT2D eigenvalue weighted by atomic mass is 16.6. The Kier molecular flexibility index (Phi) is 7.64. The zero-order valence-corrected chi connectivity index (χ0v) is 14.6. The third-order valence-electron chi connectivity index (χ3n) is 3.38. The molecule has 9 heteroatoms. The van der Waals surface area contributed by atoms with Crippen LogP contribution in [-0.2, 0) is 14.3 Å². The van der Waals surface area contributed by atoms with E-state index in [9.17, 15) is 19.7 Å². The number of nitrogens with one attached hydrogen (secondary N) is 1. The minimum absolute atomic E-state index is 0.0113. The number of methoxy groups -OCH3 is 1. The summed E-state index contributed by atoms with van der Waals surface area (Å²) in [6.45, 7) is 4.79. The molecule has 138 valence electrons. The zero-order valence-electron chi connectivity index (χ0n) is 14.6. The van der Waals surface area contributed by atoms with Gasteiger partial charge in [0, 0.05) is 18.2 Å². The van der Waals surface area contributed by atoms with Crippen LogP contribution in [0.5, 0.6) is 11.5 Å². The number of hydrogen-bond acceptors (Lipinski definition) is 7. The van der Waals surface area contributed by atoms with Crippen LogP contribution >= 0.6 is 0 Å². The lowest BCUT2D eigenvalue weighted by molar-refractivity contribution is -0.385. The number of nitrogens with zero attached hydrogens (tertiary/aromatic N) is 1. The molecule has 0 bridgehead atoms. The summed E-state index contributed by atoms with van der Waals surface area (Å²) in [7, 11) is 1.29.